The highest BCUT2D eigenvalue weighted by Gasteiger charge is 2.26. The quantitative estimate of drug-likeness (QED) is 0.803. The number of nitrogens with one attached hydrogen (secondary N) is 1. The third kappa shape index (κ3) is 4.91. The van der Waals surface area contributed by atoms with E-state index in [1.807, 2.05) is 30.3 Å². The Kier molecular flexibility index (Phi) is 4.98. The van der Waals surface area contributed by atoms with Crippen LogP contribution < -0.4 is 5.32 Å². The third-order valence-electron chi connectivity index (χ3n) is 3.36. The predicted octanol–water partition coefficient (Wildman–Crippen LogP) is 2.56. The zero-order chi connectivity index (χ0) is 14.4. The van der Waals surface area contributed by atoms with E-state index in [-0.39, 0.29) is 6.61 Å². The van der Waals surface area contributed by atoms with E-state index in [9.17, 15) is 9.59 Å². The molecule has 0 aliphatic heterocycles. The van der Waals surface area contributed by atoms with Crippen LogP contribution in [0.5, 0.6) is 0 Å². The molecule has 1 aliphatic carbocycles. The molecule has 2 rings (SSSR count). The first-order valence-corrected chi connectivity index (χ1v) is 6.85. The number of ether oxygens (including phenoxy) is 1. The van der Waals surface area contributed by atoms with Crippen LogP contribution in [0.15, 0.2) is 30.3 Å². The van der Waals surface area contributed by atoms with E-state index in [1.54, 1.807) is 0 Å². The summed E-state index contributed by atoms with van der Waals surface area (Å²) in [6, 6.07) is 8.41. The molecule has 0 spiro atoms. The van der Waals surface area contributed by atoms with E-state index in [1.165, 1.54) is 12.8 Å². The number of carbonyl (C=O) groups is 2. The van der Waals surface area contributed by atoms with E-state index in [4.69, 9.17) is 9.84 Å². The van der Waals surface area contributed by atoms with E-state index >= 15 is 0 Å². The molecule has 0 saturated heterocycles. The summed E-state index contributed by atoms with van der Waals surface area (Å²) in [7, 11) is 0. The van der Waals surface area contributed by atoms with Crippen molar-refractivity contribution in [2.45, 2.75) is 38.3 Å². The number of rotatable bonds is 7. The zero-order valence-electron chi connectivity index (χ0n) is 11.2. The van der Waals surface area contributed by atoms with Crippen molar-refractivity contribution in [3.05, 3.63) is 35.9 Å². The van der Waals surface area contributed by atoms with E-state index < -0.39 is 18.1 Å². The van der Waals surface area contributed by atoms with Crippen molar-refractivity contribution >= 4 is 12.1 Å². The van der Waals surface area contributed by atoms with Gasteiger partial charge in [-0.15, -0.1) is 0 Å². The largest absolute Gasteiger partial charge is 0.480 e. The number of alkyl carbamates (subject to hydrolysis) is 1. The Hall–Kier alpha value is -2.04. The molecule has 0 radical (unpaired) electrons. The highest BCUT2D eigenvalue weighted by atomic mass is 16.5. The van der Waals surface area contributed by atoms with Gasteiger partial charge in [0.2, 0.25) is 0 Å². The van der Waals surface area contributed by atoms with Crippen LogP contribution in [0.1, 0.15) is 31.2 Å². The van der Waals surface area contributed by atoms with Crippen LogP contribution in [0, 0.1) is 5.92 Å². The molecular weight excluding hydrogens is 258 g/mol. The summed E-state index contributed by atoms with van der Waals surface area (Å²) < 4.78 is 5.02. The summed E-state index contributed by atoms with van der Waals surface area (Å²) in [6.07, 6.45) is 2.96. The fourth-order valence-electron chi connectivity index (χ4n) is 1.97. The van der Waals surface area contributed by atoms with Crippen LogP contribution in [0.25, 0.3) is 0 Å². The average Bonchev–Trinajstić information content (AvgIpc) is 3.26. The van der Waals surface area contributed by atoms with Gasteiger partial charge >= 0.3 is 12.1 Å². The number of amides is 1. The minimum absolute atomic E-state index is 0.141. The van der Waals surface area contributed by atoms with Gasteiger partial charge in [0.25, 0.3) is 0 Å². The molecule has 1 fully saturated rings. The lowest BCUT2D eigenvalue weighted by atomic mass is 10.1. The molecule has 1 atom stereocenters. The molecule has 1 aromatic carbocycles. The summed E-state index contributed by atoms with van der Waals surface area (Å²) >= 11 is 0. The topological polar surface area (TPSA) is 75.6 Å². The minimum atomic E-state index is -1.01. The molecule has 1 saturated carbocycles. The number of hydrogen-bond donors (Lipinski definition) is 2. The van der Waals surface area contributed by atoms with Crippen LogP contribution in [0.2, 0.25) is 0 Å². The van der Waals surface area contributed by atoms with Crippen LogP contribution in [0.4, 0.5) is 4.79 Å². The van der Waals surface area contributed by atoms with Crippen molar-refractivity contribution in [2.75, 3.05) is 0 Å². The van der Waals surface area contributed by atoms with Gasteiger partial charge in [0.15, 0.2) is 0 Å². The van der Waals surface area contributed by atoms with Crippen LogP contribution in [-0.2, 0) is 16.1 Å². The van der Waals surface area contributed by atoms with Crippen LogP contribution in [0.3, 0.4) is 0 Å². The van der Waals surface area contributed by atoms with Gasteiger partial charge in [-0.05, 0) is 24.3 Å². The Morgan fingerprint density at radius 3 is 2.60 bits per heavy atom. The van der Waals surface area contributed by atoms with Gasteiger partial charge in [0.1, 0.15) is 12.6 Å². The Morgan fingerprint density at radius 1 is 1.30 bits per heavy atom. The van der Waals surface area contributed by atoms with Gasteiger partial charge in [-0.25, -0.2) is 9.59 Å². The van der Waals surface area contributed by atoms with E-state index in [2.05, 4.69) is 5.32 Å². The van der Waals surface area contributed by atoms with Gasteiger partial charge < -0.3 is 15.2 Å². The van der Waals surface area contributed by atoms with Crippen molar-refractivity contribution in [2.24, 2.45) is 5.92 Å². The molecule has 1 aromatic rings. The highest BCUT2D eigenvalue weighted by Crippen LogP contribution is 2.33. The second kappa shape index (κ2) is 6.93. The molecule has 0 bridgehead atoms. The number of hydrogen-bond acceptors (Lipinski definition) is 3. The second-order valence-electron chi connectivity index (χ2n) is 5.12. The van der Waals surface area contributed by atoms with Crippen LogP contribution >= 0.6 is 0 Å². The number of benzene rings is 1. The molecule has 20 heavy (non-hydrogen) atoms. The van der Waals surface area contributed by atoms with Crippen LogP contribution in [-0.4, -0.2) is 23.2 Å². The highest BCUT2D eigenvalue weighted by molar-refractivity contribution is 5.79. The fourth-order valence-corrected chi connectivity index (χ4v) is 1.97. The smallest absolute Gasteiger partial charge is 0.408 e. The number of carboxylic acids is 1. The summed E-state index contributed by atoms with van der Waals surface area (Å²) in [4.78, 5) is 22.7. The van der Waals surface area contributed by atoms with Gasteiger partial charge in [0.05, 0.1) is 0 Å². The van der Waals surface area contributed by atoms with Crippen molar-refractivity contribution in [3.63, 3.8) is 0 Å². The van der Waals surface area contributed by atoms with E-state index in [0.717, 1.165) is 12.0 Å². The number of aliphatic carboxylic acids is 1. The normalized spacial score (nSPS) is 15.4. The third-order valence-corrected chi connectivity index (χ3v) is 3.36. The zero-order valence-corrected chi connectivity index (χ0v) is 11.2. The Morgan fingerprint density at radius 2 is 2.00 bits per heavy atom. The number of carboxylic acid groups (broad SMARTS) is 1. The van der Waals surface area contributed by atoms with Gasteiger partial charge in [-0.3, -0.25) is 0 Å². The summed E-state index contributed by atoms with van der Waals surface area (Å²) in [5, 5.41) is 11.5. The molecule has 0 aromatic heterocycles. The van der Waals surface area contributed by atoms with Crippen molar-refractivity contribution < 1.29 is 19.4 Å². The molecule has 1 unspecified atom stereocenters. The summed E-state index contributed by atoms with van der Waals surface area (Å²) in [5.41, 5.74) is 0.868. The van der Waals surface area contributed by atoms with Gasteiger partial charge in [-0.2, -0.15) is 0 Å². The first-order valence-electron chi connectivity index (χ1n) is 6.85. The molecule has 1 amide bonds. The monoisotopic (exact) mass is 277 g/mol. The number of carbonyl (C=O) groups excluding carboxylic acids is 1. The first kappa shape index (κ1) is 14.4. The predicted molar refractivity (Wildman–Crippen MR) is 73.1 cm³/mol. The van der Waals surface area contributed by atoms with Gasteiger partial charge in [0, 0.05) is 0 Å². The fraction of sp³-hybridized carbons (Fsp3) is 0.467. The van der Waals surface area contributed by atoms with Gasteiger partial charge in [-0.1, -0.05) is 43.2 Å². The lowest BCUT2D eigenvalue weighted by molar-refractivity contribution is -0.139. The molecule has 5 heteroatoms. The minimum Gasteiger partial charge on any atom is -0.480 e. The Labute approximate surface area is 117 Å². The maximum Gasteiger partial charge on any atom is 0.408 e. The average molecular weight is 277 g/mol. The first-order chi connectivity index (χ1) is 9.65. The SMILES string of the molecule is O=C(NC(CCC1CC1)C(=O)O)OCc1ccccc1. The lowest BCUT2D eigenvalue weighted by Crippen LogP contribution is -2.41. The molecule has 1 aliphatic rings. The Balaban J connectivity index is 1.74. The molecular formula is C15H19NO4. The molecule has 0 heterocycles. The summed E-state index contributed by atoms with van der Waals surface area (Å²) in [6.45, 7) is 0.141. The maximum absolute atomic E-state index is 11.6. The standard InChI is InChI=1S/C15H19NO4/c17-14(18)13(9-8-11-6-7-11)16-15(19)20-10-12-4-2-1-3-5-12/h1-5,11,13H,6-10H2,(H,16,19)(H,17,18). The van der Waals surface area contributed by atoms with Crippen molar-refractivity contribution in [1.29, 1.82) is 0 Å². The molecule has 2 N–H and O–H groups in total. The molecule has 108 valence electrons. The van der Waals surface area contributed by atoms with Crippen molar-refractivity contribution in [1.82, 2.24) is 5.32 Å². The Bertz CT molecular complexity index is 456. The summed E-state index contributed by atoms with van der Waals surface area (Å²) in [5.74, 6) is -0.374. The lowest BCUT2D eigenvalue weighted by Gasteiger charge is -2.14. The second-order valence-corrected chi connectivity index (χ2v) is 5.12. The maximum atomic E-state index is 11.6. The van der Waals surface area contributed by atoms with Crippen molar-refractivity contribution in [3.8, 4) is 0 Å². The molecule has 5 nitrogen and oxygen atoms in total. The van der Waals surface area contributed by atoms with E-state index in [0.29, 0.717) is 12.3 Å².